The number of aryl methyl sites for hydroxylation is 1. The van der Waals surface area contributed by atoms with Crippen LogP contribution >= 0.6 is 0 Å². The quantitative estimate of drug-likeness (QED) is 0.410. The van der Waals surface area contributed by atoms with Crippen molar-refractivity contribution in [3.63, 3.8) is 0 Å². The third kappa shape index (κ3) is 4.37. The third-order valence-corrected chi connectivity index (χ3v) is 1.88. The summed E-state index contributed by atoms with van der Waals surface area (Å²) in [5.41, 5.74) is 0.953. The van der Waals surface area contributed by atoms with Crippen molar-refractivity contribution in [3.05, 3.63) is 41.5 Å². The number of hydrogen-bond acceptors (Lipinski definition) is 0. The van der Waals surface area contributed by atoms with E-state index in [1.165, 1.54) is 6.07 Å². The van der Waals surface area contributed by atoms with Gasteiger partial charge in [-0.15, -0.1) is 22.4 Å². The molecular formula is C10H7Cl3F2Zr. The minimum absolute atomic E-state index is 0. The second-order valence-electron chi connectivity index (χ2n) is 2.92. The molecule has 0 heterocycles. The van der Waals surface area contributed by atoms with E-state index >= 15 is 0 Å². The Morgan fingerprint density at radius 3 is 2.12 bits per heavy atom. The minimum atomic E-state index is -0.523. The molecule has 0 N–H and O–H groups in total. The molecule has 0 nitrogen and oxygen atoms in total. The van der Waals surface area contributed by atoms with E-state index in [2.05, 4.69) is 0 Å². The maximum absolute atomic E-state index is 13.0. The van der Waals surface area contributed by atoms with Crippen molar-refractivity contribution in [1.29, 1.82) is 0 Å². The molecule has 0 aliphatic carbocycles. The monoisotopic (exact) mass is 360 g/mol. The SMILES string of the molecule is Cc1cc2c(F)cc(F)cc2[cH-]1.[Cl-].[Cl-].[Cl-].[Zr+4]. The fourth-order valence-corrected chi connectivity index (χ4v) is 1.39. The summed E-state index contributed by atoms with van der Waals surface area (Å²) in [6.45, 7) is 1.86. The van der Waals surface area contributed by atoms with Crippen molar-refractivity contribution >= 4 is 10.8 Å². The molecule has 0 amide bonds. The Hall–Kier alpha value is 0.443. The van der Waals surface area contributed by atoms with Crippen molar-refractivity contribution in [1.82, 2.24) is 0 Å². The molecule has 0 spiro atoms. The summed E-state index contributed by atoms with van der Waals surface area (Å²) in [6.07, 6.45) is 0. The van der Waals surface area contributed by atoms with Crippen LogP contribution < -0.4 is 37.2 Å². The van der Waals surface area contributed by atoms with E-state index in [1.54, 1.807) is 12.1 Å². The van der Waals surface area contributed by atoms with Crippen molar-refractivity contribution in [2.45, 2.75) is 6.92 Å². The van der Waals surface area contributed by atoms with Crippen LogP contribution in [0.15, 0.2) is 24.3 Å². The van der Waals surface area contributed by atoms with Gasteiger partial charge >= 0.3 is 26.2 Å². The van der Waals surface area contributed by atoms with Crippen molar-refractivity contribution in [2.24, 2.45) is 0 Å². The molecule has 0 saturated carbocycles. The zero-order valence-electron chi connectivity index (χ0n) is 8.20. The van der Waals surface area contributed by atoms with Crippen LogP contribution in [0.5, 0.6) is 0 Å². The van der Waals surface area contributed by atoms with Gasteiger partial charge in [-0.3, -0.25) is 0 Å². The molecule has 0 radical (unpaired) electrons. The molecule has 86 valence electrons. The van der Waals surface area contributed by atoms with E-state index in [-0.39, 0.29) is 63.4 Å². The summed E-state index contributed by atoms with van der Waals surface area (Å²) in [6, 6.07) is 5.72. The summed E-state index contributed by atoms with van der Waals surface area (Å²) < 4.78 is 25.7. The van der Waals surface area contributed by atoms with Crippen LogP contribution in [-0.4, -0.2) is 0 Å². The van der Waals surface area contributed by atoms with Gasteiger partial charge in [-0.1, -0.05) is 13.0 Å². The number of halogens is 5. The molecule has 2 aromatic rings. The first-order valence-electron chi connectivity index (χ1n) is 3.69. The first-order chi connectivity index (χ1) is 5.66. The molecule has 0 aromatic heterocycles. The number of rotatable bonds is 0. The second kappa shape index (κ2) is 8.52. The predicted octanol–water partition coefficient (Wildman–Crippen LogP) is -5.85. The molecule has 16 heavy (non-hydrogen) atoms. The van der Waals surface area contributed by atoms with Gasteiger partial charge < -0.3 is 37.2 Å². The third-order valence-electron chi connectivity index (χ3n) is 1.88. The second-order valence-corrected chi connectivity index (χ2v) is 2.92. The Balaban J connectivity index is -0.000000422. The van der Waals surface area contributed by atoms with Crippen LogP contribution in [0.4, 0.5) is 8.78 Å². The summed E-state index contributed by atoms with van der Waals surface area (Å²) in [5, 5.41) is 1.12. The van der Waals surface area contributed by atoms with Crippen LogP contribution in [0.2, 0.25) is 0 Å². The molecule has 2 rings (SSSR count). The average molecular weight is 363 g/mol. The largest absolute Gasteiger partial charge is 4.00 e. The number of fused-ring (bicyclic) bond motifs is 1. The van der Waals surface area contributed by atoms with Crippen LogP contribution in [0.25, 0.3) is 10.8 Å². The van der Waals surface area contributed by atoms with Crippen molar-refractivity contribution in [3.8, 4) is 0 Å². The zero-order valence-corrected chi connectivity index (χ0v) is 12.9. The molecule has 0 aliphatic rings. The molecule has 0 saturated heterocycles. The average Bonchev–Trinajstić information content (AvgIpc) is 2.29. The van der Waals surface area contributed by atoms with Gasteiger partial charge in [-0.05, 0) is 6.07 Å². The van der Waals surface area contributed by atoms with Crippen molar-refractivity contribution < 1.29 is 72.2 Å². The first kappa shape index (κ1) is 21.7. The Labute approximate surface area is 131 Å². The van der Waals surface area contributed by atoms with Crippen LogP contribution in [-0.2, 0) is 26.2 Å². The molecule has 0 bridgehead atoms. The molecule has 0 aliphatic heterocycles. The van der Waals surface area contributed by atoms with Crippen LogP contribution in [0.3, 0.4) is 0 Å². The van der Waals surface area contributed by atoms with E-state index < -0.39 is 11.6 Å². The van der Waals surface area contributed by atoms with Gasteiger partial charge in [0.15, 0.2) is 0 Å². The Morgan fingerprint density at radius 2 is 1.56 bits per heavy atom. The first-order valence-corrected chi connectivity index (χ1v) is 3.69. The minimum Gasteiger partial charge on any atom is -1.00 e. The Morgan fingerprint density at radius 1 is 1.00 bits per heavy atom. The molecule has 0 unspecified atom stereocenters. The van der Waals surface area contributed by atoms with E-state index in [0.717, 1.165) is 11.6 Å². The normalized spacial score (nSPS) is 8.19. The summed E-state index contributed by atoms with van der Waals surface area (Å²) >= 11 is 0. The van der Waals surface area contributed by atoms with Crippen molar-refractivity contribution in [2.75, 3.05) is 0 Å². The molecule has 0 fully saturated rings. The van der Waals surface area contributed by atoms with Gasteiger partial charge in [-0.25, -0.2) is 8.78 Å². The molecule has 6 heteroatoms. The van der Waals surface area contributed by atoms with E-state index in [4.69, 9.17) is 0 Å². The van der Waals surface area contributed by atoms with Gasteiger partial charge in [-0.2, -0.15) is 6.07 Å². The molecule has 0 atom stereocenters. The fourth-order valence-electron chi connectivity index (χ4n) is 1.39. The maximum atomic E-state index is 13.0. The zero-order chi connectivity index (χ0) is 8.72. The standard InChI is InChI=1S/C10H7F2.3ClH.Zr/c1-6-2-7-4-8(11)5-10(12)9(7)3-6;;;;/h2-5H,1H3;3*1H;/q-1;;;;+4/p-3. The van der Waals surface area contributed by atoms with Crippen LogP contribution in [0, 0.1) is 18.6 Å². The fraction of sp³-hybridized carbons (Fsp3) is 0.100. The molecular weight excluding hydrogens is 356 g/mol. The van der Waals surface area contributed by atoms with Crippen LogP contribution in [0.1, 0.15) is 5.56 Å². The number of hydrogen-bond donors (Lipinski definition) is 0. The summed E-state index contributed by atoms with van der Waals surface area (Å²) in [7, 11) is 0. The maximum Gasteiger partial charge on any atom is 4.00 e. The summed E-state index contributed by atoms with van der Waals surface area (Å²) in [4.78, 5) is 0. The van der Waals surface area contributed by atoms with Gasteiger partial charge in [0.2, 0.25) is 0 Å². The molecule has 2 aromatic carbocycles. The Kier molecular flexibility index (Phi) is 11.6. The van der Waals surface area contributed by atoms with Gasteiger partial charge in [0.25, 0.3) is 0 Å². The van der Waals surface area contributed by atoms with Gasteiger partial charge in [0, 0.05) is 0 Å². The summed E-state index contributed by atoms with van der Waals surface area (Å²) in [5.74, 6) is -1.01. The Bertz CT molecular complexity index is 443. The predicted molar refractivity (Wildman–Crippen MR) is 44.2 cm³/mol. The van der Waals surface area contributed by atoms with E-state index in [1.807, 2.05) is 6.92 Å². The number of benzene rings is 1. The smallest absolute Gasteiger partial charge is 1.00 e. The van der Waals surface area contributed by atoms with E-state index in [9.17, 15) is 8.78 Å². The van der Waals surface area contributed by atoms with Gasteiger partial charge in [0.05, 0.1) is 11.6 Å². The van der Waals surface area contributed by atoms with Gasteiger partial charge in [0.1, 0.15) is 0 Å². The van der Waals surface area contributed by atoms with E-state index in [0.29, 0.717) is 10.8 Å². The topological polar surface area (TPSA) is 0 Å².